The van der Waals surface area contributed by atoms with Crippen molar-refractivity contribution >= 4 is 5.91 Å². The molecular weight excluding hydrogens is 382 g/mol. The van der Waals surface area contributed by atoms with Crippen LogP contribution in [0.2, 0.25) is 0 Å². The van der Waals surface area contributed by atoms with Crippen LogP contribution in [0.15, 0.2) is 30.5 Å². The van der Waals surface area contributed by atoms with Crippen LogP contribution in [-0.4, -0.2) is 47.1 Å². The van der Waals surface area contributed by atoms with E-state index >= 15 is 0 Å². The van der Waals surface area contributed by atoms with Crippen molar-refractivity contribution < 1.29 is 31.8 Å². The highest BCUT2D eigenvalue weighted by Gasteiger charge is 2.33. The minimum atomic E-state index is -4.60. The fraction of sp³-hybridized carbons (Fsp3) is 0.389. The maximum absolute atomic E-state index is 13.8. The van der Waals surface area contributed by atoms with Crippen molar-refractivity contribution in [3.8, 4) is 11.8 Å². The Balaban J connectivity index is 1.69. The molecule has 1 aromatic carbocycles. The molecule has 1 fully saturated rings. The summed E-state index contributed by atoms with van der Waals surface area (Å²) in [4.78, 5) is 21.2. The summed E-state index contributed by atoms with van der Waals surface area (Å²) in [5.74, 6) is -1.03. The first kappa shape index (κ1) is 19.8. The van der Waals surface area contributed by atoms with Crippen LogP contribution < -0.4 is 9.47 Å². The number of nitrogens with zero attached hydrogens (tertiary/aromatic N) is 3. The fourth-order valence-corrected chi connectivity index (χ4v) is 2.91. The van der Waals surface area contributed by atoms with E-state index in [-0.39, 0.29) is 17.9 Å². The summed E-state index contributed by atoms with van der Waals surface area (Å²) in [6, 6.07) is 4.25. The Morgan fingerprint density at radius 3 is 2.75 bits per heavy atom. The van der Waals surface area contributed by atoms with Gasteiger partial charge in [0.15, 0.2) is 17.3 Å². The lowest BCUT2D eigenvalue weighted by Gasteiger charge is -2.32. The van der Waals surface area contributed by atoms with Gasteiger partial charge in [-0.3, -0.25) is 4.79 Å². The molecule has 1 unspecified atom stereocenters. The minimum absolute atomic E-state index is 0.0260. The lowest BCUT2D eigenvalue weighted by atomic mass is 10.1. The third-order valence-corrected chi connectivity index (χ3v) is 4.26. The molecule has 150 valence electrons. The molecule has 2 heterocycles. The monoisotopic (exact) mass is 399 g/mol. The summed E-state index contributed by atoms with van der Waals surface area (Å²) in [7, 11) is 1.32. The number of methoxy groups -OCH3 is 1. The van der Waals surface area contributed by atoms with E-state index in [9.17, 15) is 22.4 Å². The summed E-state index contributed by atoms with van der Waals surface area (Å²) >= 11 is 0. The lowest BCUT2D eigenvalue weighted by molar-refractivity contribution is -0.141. The Morgan fingerprint density at radius 2 is 2.07 bits per heavy atom. The van der Waals surface area contributed by atoms with Gasteiger partial charge in [-0.05, 0) is 37.1 Å². The average molecular weight is 399 g/mol. The molecule has 10 heteroatoms. The van der Waals surface area contributed by atoms with Gasteiger partial charge < -0.3 is 14.4 Å². The molecule has 3 rings (SSSR count). The zero-order valence-corrected chi connectivity index (χ0v) is 14.9. The van der Waals surface area contributed by atoms with Gasteiger partial charge in [0.1, 0.15) is 6.10 Å². The van der Waals surface area contributed by atoms with E-state index in [4.69, 9.17) is 9.47 Å². The minimum Gasteiger partial charge on any atom is -0.494 e. The van der Waals surface area contributed by atoms with Crippen molar-refractivity contribution in [1.29, 1.82) is 0 Å². The van der Waals surface area contributed by atoms with Crippen LogP contribution in [0.1, 0.15) is 28.9 Å². The Morgan fingerprint density at radius 1 is 1.29 bits per heavy atom. The SMILES string of the molecule is COc1ccc(C(=O)N2CCCC(Oc3nccc(C(F)(F)F)n3)C2)cc1F. The summed E-state index contributed by atoms with van der Waals surface area (Å²) in [6.07, 6.45) is -3.09. The Labute approximate surface area is 158 Å². The second kappa shape index (κ2) is 7.99. The molecule has 1 atom stereocenters. The predicted octanol–water partition coefficient (Wildman–Crippen LogP) is 3.33. The average Bonchev–Trinajstić information content (AvgIpc) is 2.67. The van der Waals surface area contributed by atoms with E-state index in [1.165, 1.54) is 24.1 Å². The molecular formula is C18H17F4N3O3. The predicted molar refractivity (Wildman–Crippen MR) is 89.5 cm³/mol. The number of amides is 1. The number of hydrogen-bond acceptors (Lipinski definition) is 5. The number of hydrogen-bond donors (Lipinski definition) is 0. The highest BCUT2D eigenvalue weighted by molar-refractivity contribution is 5.94. The number of rotatable bonds is 4. The van der Waals surface area contributed by atoms with Crippen molar-refractivity contribution in [2.45, 2.75) is 25.1 Å². The standard InChI is InChI=1S/C18H17F4N3O3/c1-27-14-5-4-11(9-13(14)19)16(26)25-8-2-3-12(10-25)28-17-23-7-6-15(24-17)18(20,21)22/h4-7,9,12H,2-3,8,10H2,1H3. The molecule has 28 heavy (non-hydrogen) atoms. The van der Waals surface area contributed by atoms with E-state index in [1.54, 1.807) is 0 Å². The van der Waals surface area contributed by atoms with Crippen LogP contribution in [0.3, 0.4) is 0 Å². The van der Waals surface area contributed by atoms with E-state index in [0.29, 0.717) is 19.4 Å². The molecule has 1 aliphatic heterocycles. The van der Waals surface area contributed by atoms with Crippen LogP contribution in [0.5, 0.6) is 11.8 Å². The highest BCUT2D eigenvalue weighted by Crippen LogP contribution is 2.28. The molecule has 1 amide bonds. The van der Waals surface area contributed by atoms with Crippen molar-refractivity contribution in [2.24, 2.45) is 0 Å². The summed E-state index contributed by atoms with van der Waals surface area (Å²) in [6.45, 7) is 0.557. The number of likely N-dealkylation sites (tertiary alicyclic amines) is 1. The highest BCUT2D eigenvalue weighted by atomic mass is 19.4. The van der Waals surface area contributed by atoms with Crippen molar-refractivity contribution in [2.75, 3.05) is 20.2 Å². The number of halogens is 4. The van der Waals surface area contributed by atoms with Gasteiger partial charge in [-0.1, -0.05) is 0 Å². The summed E-state index contributed by atoms with van der Waals surface area (Å²) < 4.78 is 62.4. The number of carbonyl (C=O) groups is 1. The summed E-state index contributed by atoms with van der Waals surface area (Å²) in [5.41, 5.74) is -0.954. The Kier molecular flexibility index (Phi) is 5.66. The first-order valence-corrected chi connectivity index (χ1v) is 8.47. The van der Waals surface area contributed by atoms with Crippen LogP contribution in [0.4, 0.5) is 17.6 Å². The maximum Gasteiger partial charge on any atom is 0.433 e. The third-order valence-electron chi connectivity index (χ3n) is 4.26. The number of benzene rings is 1. The molecule has 1 aliphatic rings. The van der Waals surface area contributed by atoms with Crippen molar-refractivity contribution in [3.05, 3.63) is 47.5 Å². The number of piperidine rings is 1. The van der Waals surface area contributed by atoms with Gasteiger partial charge in [0, 0.05) is 18.3 Å². The van der Waals surface area contributed by atoms with E-state index in [2.05, 4.69) is 9.97 Å². The van der Waals surface area contributed by atoms with Crippen molar-refractivity contribution in [1.82, 2.24) is 14.9 Å². The second-order valence-electron chi connectivity index (χ2n) is 6.20. The topological polar surface area (TPSA) is 64.5 Å². The van der Waals surface area contributed by atoms with Crippen LogP contribution in [-0.2, 0) is 6.18 Å². The van der Waals surface area contributed by atoms with Crippen LogP contribution in [0.25, 0.3) is 0 Å². The largest absolute Gasteiger partial charge is 0.494 e. The Bertz CT molecular complexity index is 860. The molecule has 0 saturated carbocycles. The maximum atomic E-state index is 13.8. The quantitative estimate of drug-likeness (QED) is 0.738. The van der Waals surface area contributed by atoms with Crippen molar-refractivity contribution in [3.63, 3.8) is 0 Å². The summed E-state index contributed by atoms with van der Waals surface area (Å²) in [5, 5.41) is 0. The molecule has 0 spiro atoms. The van der Waals surface area contributed by atoms with Crippen LogP contribution >= 0.6 is 0 Å². The molecule has 0 bridgehead atoms. The smallest absolute Gasteiger partial charge is 0.433 e. The number of carbonyl (C=O) groups excluding carboxylic acids is 1. The van der Waals surface area contributed by atoms with Gasteiger partial charge in [0.2, 0.25) is 0 Å². The molecule has 6 nitrogen and oxygen atoms in total. The molecule has 0 radical (unpaired) electrons. The first-order valence-electron chi connectivity index (χ1n) is 8.47. The molecule has 1 aromatic heterocycles. The molecule has 0 aliphatic carbocycles. The lowest BCUT2D eigenvalue weighted by Crippen LogP contribution is -2.44. The molecule has 0 N–H and O–H groups in total. The Hall–Kier alpha value is -2.91. The van der Waals surface area contributed by atoms with E-state index < -0.39 is 35.7 Å². The van der Waals surface area contributed by atoms with Gasteiger partial charge in [0.25, 0.3) is 5.91 Å². The number of aromatic nitrogens is 2. The van der Waals surface area contributed by atoms with Gasteiger partial charge in [-0.15, -0.1) is 0 Å². The van der Waals surface area contributed by atoms with E-state index in [0.717, 1.165) is 18.3 Å². The third kappa shape index (κ3) is 4.49. The first-order chi connectivity index (χ1) is 13.3. The fourth-order valence-electron chi connectivity index (χ4n) is 2.91. The van der Waals surface area contributed by atoms with Gasteiger partial charge in [-0.2, -0.15) is 18.2 Å². The van der Waals surface area contributed by atoms with Gasteiger partial charge in [-0.25, -0.2) is 9.37 Å². The number of ether oxygens (including phenoxy) is 2. The molecule has 1 saturated heterocycles. The normalized spacial score (nSPS) is 17.3. The molecule has 2 aromatic rings. The zero-order chi connectivity index (χ0) is 20.3. The number of alkyl halides is 3. The second-order valence-corrected chi connectivity index (χ2v) is 6.20. The van der Waals surface area contributed by atoms with Gasteiger partial charge >= 0.3 is 12.2 Å². The van der Waals surface area contributed by atoms with Gasteiger partial charge in [0.05, 0.1) is 13.7 Å². The van der Waals surface area contributed by atoms with Crippen LogP contribution in [0, 0.1) is 5.82 Å². The zero-order valence-electron chi connectivity index (χ0n) is 14.9. The van der Waals surface area contributed by atoms with E-state index in [1.807, 2.05) is 0 Å².